The van der Waals surface area contributed by atoms with Crippen LogP contribution in [0.4, 0.5) is 0 Å². The number of carbonyl (C=O) groups excluding carboxylic acids is 1. The number of aromatic nitrogens is 3. The fourth-order valence-corrected chi connectivity index (χ4v) is 3.20. The van der Waals surface area contributed by atoms with Crippen molar-refractivity contribution >= 4 is 17.5 Å². The summed E-state index contributed by atoms with van der Waals surface area (Å²) in [5.41, 5.74) is 4.20. The molecule has 25 heavy (non-hydrogen) atoms. The van der Waals surface area contributed by atoms with Gasteiger partial charge in [0.05, 0.1) is 5.75 Å². The summed E-state index contributed by atoms with van der Waals surface area (Å²) in [5.74, 6) is 1.15. The molecule has 2 aromatic carbocycles. The quantitative estimate of drug-likeness (QED) is 0.495. The highest BCUT2D eigenvalue weighted by molar-refractivity contribution is 7.99. The number of nitrogens with zero attached hydrogens (tertiary/aromatic N) is 2. The lowest BCUT2D eigenvalue weighted by atomic mass is 10.1. The second-order valence-electron chi connectivity index (χ2n) is 5.99. The molecule has 0 spiro atoms. The van der Waals surface area contributed by atoms with Crippen LogP contribution in [0.1, 0.15) is 34.8 Å². The zero-order valence-corrected chi connectivity index (χ0v) is 15.3. The number of aryl methyl sites for hydroxylation is 2. The Balaban J connectivity index is 1.60. The molecular weight excluding hydrogens is 330 g/mol. The van der Waals surface area contributed by atoms with Crippen LogP contribution in [0.3, 0.4) is 0 Å². The molecule has 0 atom stereocenters. The normalized spacial score (nSPS) is 10.8. The van der Waals surface area contributed by atoms with E-state index in [1.54, 1.807) is 0 Å². The Morgan fingerprint density at radius 2 is 1.80 bits per heavy atom. The summed E-state index contributed by atoms with van der Waals surface area (Å²) < 4.78 is 0. The number of benzene rings is 2. The van der Waals surface area contributed by atoms with Gasteiger partial charge in [-0.2, -0.15) is 0 Å². The SMILES string of the molecule is CCCc1ccc(C(=O)CSc2n[nH]c(-c3ccc(C)cc3)n2)cc1. The molecule has 0 aliphatic carbocycles. The van der Waals surface area contributed by atoms with Gasteiger partial charge in [0.15, 0.2) is 11.6 Å². The van der Waals surface area contributed by atoms with Crippen LogP contribution in [0.2, 0.25) is 0 Å². The van der Waals surface area contributed by atoms with Gasteiger partial charge in [-0.15, -0.1) is 5.10 Å². The van der Waals surface area contributed by atoms with Gasteiger partial charge < -0.3 is 0 Å². The van der Waals surface area contributed by atoms with Gasteiger partial charge in [0.1, 0.15) is 0 Å². The average Bonchev–Trinajstić information content (AvgIpc) is 3.10. The van der Waals surface area contributed by atoms with E-state index >= 15 is 0 Å². The monoisotopic (exact) mass is 351 g/mol. The summed E-state index contributed by atoms with van der Waals surface area (Å²) in [4.78, 5) is 16.8. The van der Waals surface area contributed by atoms with Crippen LogP contribution >= 0.6 is 11.8 Å². The van der Waals surface area contributed by atoms with Crippen molar-refractivity contribution in [3.8, 4) is 11.4 Å². The number of H-pyrrole nitrogens is 1. The van der Waals surface area contributed by atoms with E-state index in [4.69, 9.17) is 0 Å². The fourth-order valence-electron chi connectivity index (χ4n) is 2.51. The van der Waals surface area contributed by atoms with E-state index in [0.29, 0.717) is 10.9 Å². The van der Waals surface area contributed by atoms with Crippen molar-refractivity contribution in [2.75, 3.05) is 5.75 Å². The average molecular weight is 351 g/mol. The number of rotatable bonds is 7. The Bertz CT molecular complexity index is 838. The van der Waals surface area contributed by atoms with Gasteiger partial charge in [-0.25, -0.2) is 4.98 Å². The second-order valence-corrected chi connectivity index (χ2v) is 6.93. The third-order valence-electron chi connectivity index (χ3n) is 3.94. The standard InChI is InChI=1S/C20H21N3OS/c1-3-4-15-7-11-16(12-8-15)18(24)13-25-20-21-19(22-23-20)17-9-5-14(2)6-10-17/h5-12H,3-4,13H2,1-2H3,(H,21,22,23). The van der Waals surface area contributed by atoms with Crippen molar-refractivity contribution in [3.63, 3.8) is 0 Å². The maximum atomic E-state index is 12.3. The molecule has 0 unspecified atom stereocenters. The Kier molecular flexibility index (Phi) is 5.66. The topological polar surface area (TPSA) is 58.6 Å². The summed E-state index contributed by atoms with van der Waals surface area (Å²) in [6, 6.07) is 16.0. The zero-order valence-electron chi connectivity index (χ0n) is 14.5. The smallest absolute Gasteiger partial charge is 0.209 e. The number of hydrogen-bond acceptors (Lipinski definition) is 4. The van der Waals surface area contributed by atoms with Crippen LogP contribution in [-0.4, -0.2) is 26.7 Å². The number of carbonyl (C=O) groups is 1. The van der Waals surface area contributed by atoms with Crippen LogP contribution in [0, 0.1) is 6.92 Å². The highest BCUT2D eigenvalue weighted by Gasteiger charge is 2.10. The number of hydrogen-bond donors (Lipinski definition) is 1. The van der Waals surface area contributed by atoms with Crippen molar-refractivity contribution in [3.05, 3.63) is 65.2 Å². The molecule has 0 amide bonds. The highest BCUT2D eigenvalue weighted by Crippen LogP contribution is 2.20. The molecule has 0 radical (unpaired) electrons. The molecule has 4 nitrogen and oxygen atoms in total. The van der Waals surface area contributed by atoms with Gasteiger partial charge in [0.25, 0.3) is 0 Å². The summed E-state index contributed by atoms with van der Waals surface area (Å²) in [5, 5.41) is 7.72. The van der Waals surface area contributed by atoms with Crippen molar-refractivity contribution in [2.45, 2.75) is 31.8 Å². The molecule has 0 fully saturated rings. The fraction of sp³-hybridized carbons (Fsp3) is 0.250. The predicted molar refractivity (Wildman–Crippen MR) is 102 cm³/mol. The lowest BCUT2D eigenvalue weighted by Gasteiger charge is -2.02. The first kappa shape index (κ1) is 17.4. The van der Waals surface area contributed by atoms with Crippen LogP contribution in [0.15, 0.2) is 53.7 Å². The van der Waals surface area contributed by atoms with E-state index in [2.05, 4.69) is 22.1 Å². The molecule has 0 saturated carbocycles. The van der Waals surface area contributed by atoms with Gasteiger partial charge in [-0.05, 0) is 18.9 Å². The molecule has 0 bridgehead atoms. The van der Waals surface area contributed by atoms with Gasteiger partial charge in [0, 0.05) is 11.1 Å². The number of nitrogens with one attached hydrogen (secondary N) is 1. The van der Waals surface area contributed by atoms with Crippen molar-refractivity contribution in [1.29, 1.82) is 0 Å². The number of aromatic amines is 1. The number of ketones is 1. The van der Waals surface area contributed by atoms with E-state index in [-0.39, 0.29) is 5.78 Å². The third kappa shape index (κ3) is 4.57. The van der Waals surface area contributed by atoms with Gasteiger partial charge >= 0.3 is 0 Å². The number of Topliss-reactive ketones (excluding diaryl/α,β-unsaturated/α-hetero) is 1. The third-order valence-corrected chi connectivity index (χ3v) is 4.78. The maximum absolute atomic E-state index is 12.3. The molecule has 0 saturated heterocycles. The van der Waals surface area contributed by atoms with E-state index < -0.39 is 0 Å². The molecule has 5 heteroatoms. The molecule has 0 aliphatic heterocycles. The molecule has 1 heterocycles. The number of thioether (sulfide) groups is 1. The predicted octanol–water partition coefficient (Wildman–Crippen LogP) is 4.71. The van der Waals surface area contributed by atoms with Crippen LogP contribution < -0.4 is 0 Å². The molecule has 1 N–H and O–H groups in total. The lowest BCUT2D eigenvalue weighted by molar-refractivity contribution is 0.102. The van der Waals surface area contributed by atoms with E-state index in [1.807, 2.05) is 55.5 Å². The van der Waals surface area contributed by atoms with Gasteiger partial charge in [-0.3, -0.25) is 9.89 Å². The molecular formula is C20H21N3OS. The maximum Gasteiger partial charge on any atom is 0.209 e. The Hall–Kier alpha value is -2.40. The minimum atomic E-state index is 0.0923. The van der Waals surface area contributed by atoms with Crippen molar-refractivity contribution in [1.82, 2.24) is 15.2 Å². The summed E-state index contributed by atoms with van der Waals surface area (Å²) in [6.45, 7) is 4.20. The van der Waals surface area contributed by atoms with E-state index in [0.717, 1.165) is 29.8 Å². The Morgan fingerprint density at radius 1 is 1.08 bits per heavy atom. The van der Waals surface area contributed by atoms with E-state index in [9.17, 15) is 4.79 Å². The first-order valence-electron chi connectivity index (χ1n) is 8.40. The summed E-state index contributed by atoms with van der Waals surface area (Å²) in [7, 11) is 0. The second kappa shape index (κ2) is 8.12. The minimum Gasteiger partial charge on any atom is -0.293 e. The largest absolute Gasteiger partial charge is 0.293 e. The lowest BCUT2D eigenvalue weighted by Crippen LogP contribution is -2.02. The first-order chi connectivity index (χ1) is 12.2. The highest BCUT2D eigenvalue weighted by atomic mass is 32.2. The van der Waals surface area contributed by atoms with Crippen molar-refractivity contribution < 1.29 is 4.79 Å². The molecule has 3 aromatic rings. The first-order valence-corrected chi connectivity index (χ1v) is 9.38. The van der Waals surface area contributed by atoms with E-state index in [1.165, 1.54) is 22.9 Å². The Morgan fingerprint density at radius 3 is 2.48 bits per heavy atom. The van der Waals surface area contributed by atoms with Crippen LogP contribution in [0.5, 0.6) is 0 Å². The van der Waals surface area contributed by atoms with Crippen LogP contribution in [-0.2, 0) is 6.42 Å². The Labute approximate surface area is 152 Å². The minimum absolute atomic E-state index is 0.0923. The molecule has 128 valence electrons. The van der Waals surface area contributed by atoms with Gasteiger partial charge in [-0.1, -0.05) is 79.2 Å². The molecule has 3 rings (SSSR count). The van der Waals surface area contributed by atoms with Crippen molar-refractivity contribution in [2.24, 2.45) is 0 Å². The summed E-state index contributed by atoms with van der Waals surface area (Å²) in [6.07, 6.45) is 2.15. The summed E-state index contributed by atoms with van der Waals surface area (Å²) >= 11 is 1.35. The molecule has 1 aromatic heterocycles. The molecule has 0 aliphatic rings. The zero-order chi connectivity index (χ0) is 17.6. The van der Waals surface area contributed by atoms with Crippen LogP contribution in [0.25, 0.3) is 11.4 Å². The van der Waals surface area contributed by atoms with Gasteiger partial charge in [0.2, 0.25) is 5.16 Å².